The summed E-state index contributed by atoms with van der Waals surface area (Å²) in [5.41, 5.74) is 1.53. The van der Waals surface area contributed by atoms with E-state index < -0.39 is 31.0 Å². The molecule has 3 atom stereocenters. The summed E-state index contributed by atoms with van der Waals surface area (Å²) in [5.74, 6) is -0.929. The number of nitrogens with one attached hydrogen (secondary N) is 1. The van der Waals surface area contributed by atoms with Crippen LogP contribution >= 0.6 is 0 Å². The molecule has 2 aromatic rings. The highest BCUT2D eigenvalue weighted by atomic mass is 19.4. The van der Waals surface area contributed by atoms with E-state index in [0.717, 1.165) is 5.56 Å². The number of fused-ring (bicyclic) bond motifs is 1. The van der Waals surface area contributed by atoms with E-state index in [0.29, 0.717) is 25.4 Å². The van der Waals surface area contributed by atoms with E-state index in [1.54, 1.807) is 17.9 Å². The predicted octanol–water partition coefficient (Wildman–Crippen LogP) is 4.32. The highest BCUT2D eigenvalue weighted by molar-refractivity contribution is 5.99. The molecule has 0 saturated carbocycles. The molecule has 37 heavy (non-hydrogen) atoms. The minimum atomic E-state index is -4.44. The molecule has 202 valence electrons. The van der Waals surface area contributed by atoms with Crippen molar-refractivity contribution in [3.05, 3.63) is 59.7 Å². The van der Waals surface area contributed by atoms with Crippen LogP contribution in [0.2, 0.25) is 0 Å². The number of aliphatic hydroxyl groups is 1. The quantitative estimate of drug-likeness (QED) is 0.514. The van der Waals surface area contributed by atoms with E-state index in [4.69, 9.17) is 4.74 Å². The highest BCUT2D eigenvalue weighted by Gasteiger charge is 2.34. The molecule has 3 rings (SSSR count). The third kappa shape index (κ3) is 8.19. The van der Waals surface area contributed by atoms with Gasteiger partial charge in [0.05, 0.1) is 24.6 Å². The second-order valence-corrected chi connectivity index (χ2v) is 9.68. The number of amides is 2. The zero-order valence-electron chi connectivity index (χ0n) is 21.3. The molecule has 0 saturated heterocycles. The van der Waals surface area contributed by atoms with E-state index in [2.05, 4.69) is 10.2 Å². The molecular formula is C27H34F3N3O4. The van der Waals surface area contributed by atoms with Gasteiger partial charge in [0.2, 0.25) is 5.91 Å². The van der Waals surface area contributed by atoms with E-state index in [9.17, 15) is 27.9 Å². The Bertz CT molecular complexity index is 1060. The summed E-state index contributed by atoms with van der Waals surface area (Å²) >= 11 is 0. The number of carbonyl (C=O) groups excluding carboxylic acids is 2. The number of benzene rings is 2. The second kappa shape index (κ2) is 12.4. The number of carbonyl (C=O) groups is 2. The van der Waals surface area contributed by atoms with Gasteiger partial charge in [-0.25, -0.2) is 0 Å². The van der Waals surface area contributed by atoms with Crippen LogP contribution in [0.4, 0.5) is 18.9 Å². The number of aliphatic hydroxyl groups excluding tert-OH is 1. The van der Waals surface area contributed by atoms with Crippen LogP contribution in [0.25, 0.3) is 0 Å². The molecule has 0 radical (unpaired) electrons. The summed E-state index contributed by atoms with van der Waals surface area (Å²) in [5, 5.41) is 12.2. The van der Waals surface area contributed by atoms with Crippen molar-refractivity contribution in [3.8, 4) is 5.75 Å². The number of anilines is 1. The van der Waals surface area contributed by atoms with E-state index in [-0.39, 0.29) is 35.8 Å². The number of hydrogen-bond donors (Lipinski definition) is 2. The number of nitrogens with zero attached hydrogens (tertiary/aromatic N) is 2. The minimum absolute atomic E-state index is 0.0638. The fraction of sp³-hybridized carbons (Fsp3) is 0.481. The lowest BCUT2D eigenvalue weighted by Crippen LogP contribution is -2.49. The van der Waals surface area contributed by atoms with Crippen molar-refractivity contribution in [1.29, 1.82) is 0 Å². The Hall–Kier alpha value is -3.11. The Balaban J connectivity index is 1.84. The normalized spacial score (nSPS) is 19.0. The van der Waals surface area contributed by atoms with Crippen molar-refractivity contribution in [2.45, 2.75) is 51.6 Å². The average Bonchev–Trinajstić information content (AvgIpc) is 2.85. The van der Waals surface area contributed by atoms with Crippen LogP contribution in [0.15, 0.2) is 48.5 Å². The maximum atomic E-state index is 13.5. The first-order chi connectivity index (χ1) is 17.5. The van der Waals surface area contributed by atoms with Crippen LogP contribution < -0.4 is 10.1 Å². The zero-order chi connectivity index (χ0) is 27.2. The Kier molecular flexibility index (Phi) is 9.56. The zero-order valence-corrected chi connectivity index (χ0v) is 21.3. The third-order valence-electron chi connectivity index (χ3n) is 6.37. The largest absolute Gasteiger partial charge is 0.488 e. The topological polar surface area (TPSA) is 82.1 Å². The molecular weight excluding hydrogens is 487 g/mol. The first-order valence-electron chi connectivity index (χ1n) is 12.3. The molecule has 0 bridgehead atoms. The molecule has 1 aliphatic rings. The van der Waals surface area contributed by atoms with Crippen LogP contribution in [-0.4, -0.2) is 71.8 Å². The fourth-order valence-corrected chi connectivity index (χ4v) is 4.26. The molecule has 2 N–H and O–H groups in total. The second-order valence-electron chi connectivity index (χ2n) is 9.68. The molecule has 0 spiro atoms. The van der Waals surface area contributed by atoms with Gasteiger partial charge in [0.15, 0.2) is 0 Å². The average molecular weight is 522 g/mol. The number of rotatable bonds is 9. The van der Waals surface area contributed by atoms with E-state index >= 15 is 0 Å². The lowest BCUT2D eigenvalue weighted by Gasteiger charge is -2.38. The summed E-state index contributed by atoms with van der Waals surface area (Å²) in [4.78, 5) is 29.2. The number of alkyl halides is 3. The lowest BCUT2D eigenvalue weighted by molar-refractivity contribution is -0.142. The molecule has 0 fully saturated rings. The number of ether oxygens (including phenoxy) is 1. The van der Waals surface area contributed by atoms with Crippen molar-refractivity contribution >= 4 is 17.5 Å². The van der Waals surface area contributed by atoms with E-state index in [1.165, 1.54) is 12.1 Å². The van der Waals surface area contributed by atoms with Gasteiger partial charge in [0, 0.05) is 37.7 Å². The molecule has 2 amide bonds. The summed E-state index contributed by atoms with van der Waals surface area (Å²) < 4.78 is 43.8. The van der Waals surface area contributed by atoms with Crippen molar-refractivity contribution < 1.29 is 32.6 Å². The van der Waals surface area contributed by atoms with Gasteiger partial charge in [-0.05, 0) is 37.7 Å². The monoisotopic (exact) mass is 521 g/mol. The molecule has 10 heteroatoms. The Morgan fingerprint density at radius 3 is 2.59 bits per heavy atom. The van der Waals surface area contributed by atoms with Crippen LogP contribution in [0, 0.1) is 5.92 Å². The SMILES string of the molecule is C[C@@H]1CN([C@H](C)CO)C(=O)c2cc(NC(=O)CCC(F)(F)F)ccc2O[C@H]1CN(C)Cc1ccccc1. The molecule has 0 unspecified atom stereocenters. The summed E-state index contributed by atoms with van der Waals surface area (Å²) in [6.07, 6.45) is -6.68. The van der Waals surface area contributed by atoms with Gasteiger partial charge in [-0.15, -0.1) is 0 Å². The maximum absolute atomic E-state index is 13.5. The van der Waals surface area contributed by atoms with Crippen LogP contribution in [0.1, 0.15) is 42.6 Å². The Morgan fingerprint density at radius 1 is 1.24 bits per heavy atom. The fourth-order valence-electron chi connectivity index (χ4n) is 4.26. The first kappa shape index (κ1) is 28.5. The minimum Gasteiger partial charge on any atom is -0.488 e. The van der Waals surface area contributed by atoms with Crippen molar-refractivity contribution in [3.63, 3.8) is 0 Å². The van der Waals surface area contributed by atoms with Gasteiger partial charge in [-0.1, -0.05) is 37.3 Å². The number of hydrogen-bond acceptors (Lipinski definition) is 5. The standard InChI is InChI=1S/C27H34F3N3O4/c1-18-14-33(19(2)17-34)26(36)22-13-21(31-25(35)11-12-27(28,29)30)9-10-23(22)37-24(18)16-32(3)15-20-7-5-4-6-8-20/h4-10,13,18-19,24,34H,11-12,14-17H2,1-3H3,(H,31,35)/t18-,19-,24+/m1/s1. The van der Waals surface area contributed by atoms with Crippen LogP contribution in [0.3, 0.4) is 0 Å². The van der Waals surface area contributed by atoms with Crippen molar-refractivity contribution in [2.75, 3.05) is 32.1 Å². The number of halogens is 3. The van der Waals surface area contributed by atoms with Crippen LogP contribution in [0.5, 0.6) is 5.75 Å². The summed E-state index contributed by atoms with van der Waals surface area (Å²) in [6, 6.07) is 14.0. The van der Waals surface area contributed by atoms with Gasteiger partial charge >= 0.3 is 6.18 Å². The van der Waals surface area contributed by atoms with Gasteiger partial charge in [0.1, 0.15) is 11.9 Å². The van der Waals surface area contributed by atoms with Gasteiger partial charge < -0.3 is 20.1 Å². The van der Waals surface area contributed by atoms with Crippen molar-refractivity contribution in [2.24, 2.45) is 5.92 Å². The Morgan fingerprint density at radius 2 is 1.95 bits per heavy atom. The van der Waals surface area contributed by atoms with Crippen molar-refractivity contribution in [1.82, 2.24) is 9.80 Å². The van der Waals surface area contributed by atoms with Crippen LogP contribution in [-0.2, 0) is 11.3 Å². The summed E-state index contributed by atoms with van der Waals surface area (Å²) in [6.45, 7) is 5.12. The lowest BCUT2D eigenvalue weighted by atomic mass is 9.99. The third-order valence-corrected chi connectivity index (χ3v) is 6.37. The molecule has 0 aromatic heterocycles. The highest BCUT2D eigenvalue weighted by Crippen LogP contribution is 2.31. The molecule has 2 aromatic carbocycles. The number of likely N-dealkylation sites (N-methyl/N-ethyl adjacent to an activating group) is 1. The molecule has 0 aliphatic carbocycles. The maximum Gasteiger partial charge on any atom is 0.389 e. The predicted molar refractivity (Wildman–Crippen MR) is 134 cm³/mol. The Labute approximate surface area is 215 Å². The first-order valence-corrected chi connectivity index (χ1v) is 12.3. The molecule has 1 heterocycles. The smallest absolute Gasteiger partial charge is 0.389 e. The summed E-state index contributed by atoms with van der Waals surface area (Å²) in [7, 11) is 1.99. The molecule has 7 nitrogen and oxygen atoms in total. The molecule has 1 aliphatic heterocycles. The van der Waals surface area contributed by atoms with Gasteiger partial charge in [0.25, 0.3) is 5.91 Å². The van der Waals surface area contributed by atoms with Gasteiger partial charge in [-0.3, -0.25) is 14.5 Å². The van der Waals surface area contributed by atoms with E-state index in [1.807, 2.05) is 44.3 Å². The van der Waals surface area contributed by atoms with Gasteiger partial charge in [-0.2, -0.15) is 13.2 Å².